The number of anilines is 1. The minimum absolute atomic E-state index is 0.424. The Hall–Kier alpha value is -2.80. The minimum atomic E-state index is -0.424. The van der Waals surface area contributed by atoms with Gasteiger partial charge in [-0.3, -0.25) is 4.79 Å². The molecule has 0 unspecified atom stereocenters. The Kier molecular flexibility index (Phi) is 4.29. The van der Waals surface area contributed by atoms with Crippen molar-refractivity contribution in [1.29, 1.82) is 0 Å². The maximum atomic E-state index is 11.4. The zero-order valence-electron chi connectivity index (χ0n) is 12.5. The fraction of sp³-hybridized carbons (Fsp3) is 0.125. The number of nitrogens with two attached hydrogens (primary N) is 1. The highest BCUT2D eigenvalue weighted by molar-refractivity contribution is 7.14. The molecule has 3 aromatic rings. The highest BCUT2D eigenvalue weighted by atomic mass is 32.1. The summed E-state index contributed by atoms with van der Waals surface area (Å²) < 4.78 is 0. The summed E-state index contributed by atoms with van der Waals surface area (Å²) in [6, 6.07) is 7.33. The van der Waals surface area contributed by atoms with Gasteiger partial charge in [0.15, 0.2) is 10.8 Å². The Morgan fingerprint density at radius 3 is 2.78 bits per heavy atom. The summed E-state index contributed by atoms with van der Waals surface area (Å²) >= 11 is 1.53. The van der Waals surface area contributed by atoms with E-state index in [9.17, 15) is 4.79 Å². The first-order valence-electron chi connectivity index (χ1n) is 7.00. The summed E-state index contributed by atoms with van der Waals surface area (Å²) in [7, 11) is 0. The molecule has 23 heavy (non-hydrogen) atoms. The third-order valence-corrected chi connectivity index (χ3v) is 4.27. The van der Waals surface area contributed by atoms with Crippen molar-refractivity contribution < 1.29 is 4.79 Å². The molecular formula is C16H15N5OS. The van der Waals surface area contributed by atoms with E-state index < -0.39 is 5.91 Å². The lowest BCUT2D eigenvalue weighted by Gasteiger charge is -2.08. The van der Waals surface area contributed by atoms with Crippen LogP contribution in [0.1, 0.15) is 20.8 Å². The van der Waals surface area contributed by atoms with Gasteiger partial charge in [-0.15, -0.1) is 11.3 Å². The molecule has 3 N–H and O–H groups in total. The van der Waals surface area contributed by atoms with Crippen LogP contribution < -0.4 is 11.1 Å². The summed E-state index contributed by atoms with van der Waals surface area (Å²) in [5.74, 6) is 0.197. The number of hydrogen-bond acceptors (Lipinski definition) is 6. The fourth-order valence-corrected chi connectivity index (χ4v) is 2.89. The first-order valence-corrected chi connectivity index (χ1v) is 7.81. The second kappa shape index (κ2) is 6.53. The van der Waals surface area contributed by atoms with Gasteiger partial charge in [-0.1, -0.05) is 6.07 Å². The van der Waals surface area contributed by atoms with Crippen molar-refractivity contribution in [3.8, 4) is 10.8 Å². The molecule has 0 radical (unpaired) electrons. The minimum Gasteiger partial charge on any atom is -0.380 e. The smallest absolute Gasteiger partial charge is 0.249 e. The first kappa shape index (κ1) is 15.1. The average molecular weight is 325 g/mol. The average Bonchev–Trinajstić information content (AvgIpc) is 3.03. The van der Waals surface area contributed by atoms with Gasteiger partial charge in [-0.2, -0.15) is 0 Å². The van der Waals surface area contributed by atoms with Crippen LogP contribution in [0.15, 0.2) is 42.9 Å². The van der Waals surface area contributed by atoms with Crippen molar-refractivity contribution in [3.63, 3.8) is 0 Å². The predicted molar refractivity (Wildman–Crippen MR) is 90.2 cm³/mol. The summed E-state index contributed by atoms with van der Waals surface area (Å²) in [5, 5.41) is 4.05. The van der Waals surface area contributed by atoms with Crippen LogP contribution in [0.3, 0.4) is 0 Å². The second-order valence-corrected chi connectivity index (χ2v) is 6.07. The highest BCUT2D eigenvalue weighted by Crippen LogP contribution is 2.23. The predicted octanol–water partition coefficient (Wildman–Crippen LogP) is 2.62. The Balaban J connectivity index is 1.71. The third kappa shape index (κ3) is 3.51. The van der Waals surface area contributed by atoms with Crippen LogP contribution in [0.25, 0.3) is 10.8 Å². The second-order valence-electron chi connectivity index (χ2n) is 4.95. The van der Waals surface area contributed by atoms with Crippen molar-refractivity contribution >= 4 is 22.9 Å². The van der Waals surface area contributed by atoms with Gasteiger partial charge in [0.05, 0.1) is 6.54 Å². The molecular weight excluding hydrogens is 310 g/mol. The van der Waals surface area contributed by atoms with E-state index in [0.717, 1.165) is 21.1 Å². The van der Waals surface area contributed by atoms with Crippen molar-refractivity contribution in [3.05, 3.63) is 58.9 Å². The van der Waals surface area contributed by atoms with E-state index >= 15 is 0 Å². The first-order chi connectivity index (χ1) is 11.1. The number of rotatable bonds is 5. The van der Waals surface area contributed by atoms with Gasteiger partial charge < -0.3 is 11.1 Å². The number of hydrogen-bond donors (Lipinski definition) is 2. The topological polar surface area (TPSA) is 93.8 Å². The zero-order valence-corrected chi connectivity index (χ0v) is 13.3. The Morgan fingerprint density at radius 1 is 1.26 bits per heavy atom. The Morgan fingerprint density at radius 2 is 2.04 bits per heavy atom. The van der Waals surface area contributed by atoms with E-state index in [1.165, 1.54) is 11.3 Å². The quantitative estimate of drug-likeness (QED) is 0.752. The van der Waals surface area contributed by atoms with Gasteiger partial charge in [-0.25, -0.2) is 15.0 Å². The molecule has 0 bridgehead atoms. The van der Waals surface area contributed by atoms with Crippen molar-refractivity contribution in [2.24, 2.45) is 5.73 Å². The van der Waals surface area contributed by atoms with Gasteiger partial charge >= 0.3 is 0 Å². The van der Waals surface area contributed by atoms with Crippen LogP contribution in [0.4, 0.5) is 5.69 Å². The summed E-state index contributed by atoms with van der Waals surface area (Å²) in [5.41, 5.74) is 7.60. The van der Waals surface area contributed by atoms with Gasteiger partial charge in [0, 0.05) is 34.7 Å². The number of carbonyl (C=O) groups is 1. The lowest BCUT2D eigenvalue weighted by atomic mass is 10.1. The summed E-state index contributed by atoms with van der Waals surface area (Å²) in [6.07, 6.45) is 5.19. The number of thiazole rings is 1. The summed E-state index contributed by atoms with van der Waals surface area (Å²) in [4.78, 5) is 25.1. The lowest BCUT2D eigenvalue weighted by molar-refractivity contribution is 0.1000. The molecule has 0 saturated carbocycles. The standard InChI is InChI=1S/C16H15N5OS/c1-10-3-4-11(7-13(10)14(17)22)20-8-12-9-21-16(23-12)15-18-5-2-6-19-15/h2-7,9,20H,8H2,1H3,(H2,17,22). The van der Waals surface area contributed by atoms with E-state index in [-0.39, 0.29) is 0 Å². The molecule has 7 heteroatoms. The SMILES string of the molecule is Cc1ccc(NCc2cnc(-c3ncccn3)s2)cc1C(N)=O. The highest BCUT2D eigenvalue weighted by Gasteiger charge is 2.08. The molecule has 0 fully saturated rings. The molecule has 1 aromatic carbocycles. The van der Waals surface area contributed by atoms with E-state index in [1.807, 2.05) is 19.1 Å². The number of carbonyl (C=O) groups excluding carboxylic acids is 1. The normalized spacial score (nSPS) is 10.5. The molecule has 0 aliphatic carbocycles. The molecule has 0 saturated heterocycles. The third-order valence-electron chi connectivity index (χ3n) is 3.28. The molecule has 1 amide bonds. The zero-order chi connectivity index (χ0) is 16.2. The monoisotopic (exact) mass is 325 g/mol. The van der Waals surface area contributed by atoms with Crippen molar-refractivity contribution in [1.82, 2.24) is 15.0 Å². The van der Waals surface area contributed by atoms with Gasteiger partial charge in [-0.05, 0) is 30.7 Å². The van der Waals surface area contributed by atoms with Gasteiger partial charge in [0.25, 0.3) is 0 Å². The lowest BCUT2D eigenvalue weighted by Crippen LogP contribution is -2.13. The number of aryl methyl sites for hydroxylation is 1. The van der Waals surface area contributed by atoms with Crippen LogP contribution in [-0.4, -0.2) is 20.9 Å². The summed E-state index contributed by atoms with van der Waals surface area (Å²) in [6.45, 7) is 2.46. The van der Waals surface area contributed by atoms with Gasteiger partial charge in [0.1, 0.15) is 0 Å². The molecule has 3 rings (SSSR count). The van der Waals surface area contributed by atoms with Crippen molar-refractivity contribution in [2.75, 3.05) is 5.32 Å². The Bertz CT molecular complexity index is 831. The maximum Gasteiger partial charge on any atom is 0.249 e. The molecule has 2 heterocycles. The van der Waals surface area contributed by atoms with Crippen LogP contribution in [-0.2, 0) is 6.54 Å². The molecule has 116 valence electrons. The molecule has 0 aliphatic heterocycles. The molecule has 0 spiro atoms. The van der Waals surface area contributed by atoms with Crippen LogP contribution in [0.2, 0.25) is 0 Å². The van der Waals surface area contributed by atoms with Crippen LogP contribution >= 0.6 is 11.3 Å². The number of aromatic nitrogens is 3. The van der Waals surface area contributed by atoms with E-state index in [1.54, 1.807) is 30.7 Å². The molecule has 2 aromatic heterocycles. The van der Waals surface area contributed by atoms with E-state index in [2.05, 4.69) is 20.3 Å². The maximum absolute atomic E-state index is 11.4. The number of nitrogens with zero attached hydrogens (tertiary/aromatic N) is 3. The van der Waals surface area contributed by atoms with E-state index in [4.69, 9.17) is 5.73 Å². The molecule has 0 aliphatic rings. The Labute approximate surface area is 137 Å². The number of primary amides is 1. The fourth-order valence-electron chi connectivity index (χ4n) is 2.09. The number of amides is 1. The molecule has 0 atom stereocenters. The largest absolute Gasteiger partial charge is 0.380 e. The van der Waals surface area contributed by atoms with Crippen LogP contribution in [0, 0.1) is 6.92 Å². The van der Waals surface area contributed by atoms with E-state index in [0.29, 0.717) is 17.9 Å². The molecule has 6 nitrogen and oxygen atoms in total. The number of benzene rings is 1. The van der Waals surface area contributed by atoms with Crippen molar-refractivity contribution in [2.45, 2.75) is 13.5 Å². The number of nitrogens with one attached hydrogen (secondary N) is 1. The van der Waals surface area contributed by atoms with Crippen LogP contribution in [0.5, 0.6) is 0 Å². The van der Waals surface area contributed by atoms with Gasteiger partial charge in [0.2, 0.25) is 5.91 Å².